The molecule has 1 aromatic heterocycles. The third-order valence-corrected chi connectivity index (χ3v) is 4.53. The molecule has 3 rings (SSSR count). The van der Waals surface area contributed by atoms with Crippen molar-refractivity contribution in [1.82, 2.24) is 10.6 Å². The zero-order valence-electron chi connectivity index (χ0n) is 14.3. The first-order chi connectivity index (χ1) is 11.7. The van der Waals surface area contributed by atoms with Gasteiger partial charge >= 0.3 is 0 Å². The molecule has 0 saturated heterocycles. The minimum atomic E-state index is -0.133. The van der Waals surface area contributed by atoms with Crippen molar-refractivity contribution in [3.8, 4) is 0 Å². The highest BCUT2D eigenvalue weighted by Gasteiger charge is 2.27. The molecule has 5 nitrogen and oxygen atoms in total. The number of rotatable bonds is 7. The van der Waals surface area contributed by atoms with Gasteiger partial charge in [-0.25, -0.2) is 0 Å². The largest absolute Gasteiger partial charge is 0.459 e. The number of fused-ring (bicyclic) bond motifs is 1. The summed E-state index contributed by atoms with van der Waals surface area (Å²) in [6.07, 6.45) is 3.54. The van der Waals surface area contributed by atoms with Crippen LogP contribution in [0.4, 0.5) is 5.69 Å². The van der Waals surface area contributed by atoms with Crippen molar-refractivity contribution < 1.29 is 9.21 Å². The molecule has 1 aromatic carbocycles. The molecular formula is C19H25N3O2. The number of hydrogen-bond acceptors (Lipinski definition) is 4. The fraction of sp³-hybridized carbons (Fsp3) is 0.421. The number of carbonyl (C=O) groups is 1. The molecule has 5 heteroatoms. The summed E-state index contributed by atoms with van der Waals surface area (Å²) in [6.45, 7) is 4.43. The van der Waals surface area contributed by atoms with Crippen LogP contribution >= 0.6 is 0 Å². The topological polar surface area (TPSA) is 57.5 Å². The van der Waals surface area contributed by atoms with Gasteiger partial charge in [0.15, 0.2) is 5.76 Å². The number of furan rings is 1. The van der Waals surface area contributed by atoms with Crippen molar-refractivity contribution >= 4 is 11.6 Å². The van der Waals surface area contributed by atoms with Gasteiger partial charge in [0.05, 0.1) is 6.26 Å². The molecule has 1 unspecified atom stereocenters. The van der Waals surface area contributed by atoms with Crippen LogP contribution in [0.2, 0.25) is 0 Å². The van der Waals surface area contributed by atoms with E-state index in [1.165, 1.54) is 11.3 Å². The molecule has 24 heavy (non-hydrogen) atoms. The molecule has 2 heterocycles. The van der Waals surface area contributed by atoms with Gasteiger partial charge in [0, 0.05) is 30.4 Å². The second kappa shape index (κ2) is 7.53. The van der Waals surface area contributed by atoms with Crippen LogP contribution in [0.3, 0.4) is 0 Å². The Bertz CT molecular complexity index is 695. The molecule has 2 N–H and O–H groups in total. The Balaban J connectivity index is 1.69. The Hall–Kier alpha value is -2.27. The molecule has 1 aliphatic heterocycles. The van der Waals surface area contributed by atoms with Crippen molar-refractivity contribution in [1.29, 1.82) is 0 Å². The van der Waals surface area contributed by atoms with Gasteiger partial charge in [0.1, 0.15) is 0 Å². The first-order valence-corrected chi connectivity index (χ1v) is 8.54. The lowest BCUT2D eigenvalue weighted by atomic mass is 10.1. The number of hydrogen-bond donors (Lipinski definition) is 2. The smallest absolute Gasteiger partial charge is 0.287 e. The van der Waals surface area contributed by atoms with Crippen LogP contribution < -0.4 is 15.5 Å². The van der Waals surface area contributed by atoms with E-state index in [9.17, 15) is 4.79 Å². The Morgan fingerprint density at radius 1 is 1.29 bits per heavy atom. The van der Waals surface area contributed by atoms with Gasteiger partial charge in [-0.15, -0.1) is 0 Å². The molecule has 2 aromatic rings. The number of carbonyl (C=O) groups excluding carboxylic acids is 1. The first kappa shape index (κ1) is 16.6. The summed E-state index contributed by atoms with van der Waals surface area (Å²) in [5.74, 6) is 0.294. The summed E-state index contributed by atoms with van der Waals surface area (Å²) in [7, 11) is 1.90. The van der Waals surface area contributed by atoms with E-state index in [4.69, 9.17) is 4.42 Å². The minimum Gasteiger partial charge on any atom is -0.459 e. The molecule has 1 amide bonds. The molecule has 0 spiro atoms. The van der Waals surface area contributed by atoms with E-state index in [1.54, 1.807) is 6.26 Å². The maximum atomic E-state index is 12.3. The van der Waals surface area contributed by atoms with Crippen LogP contribution in [-0.2, 0) is 13.0 Å². The van der Waals surface area contributed by atoms with Crippen LogP contribution in [0.15, 0.2) is 41.0 Å². The van der Waals surface area contributed by atoms with Gasteiger partial charge in [-0.3, -0.25) is 4.79 Å². The van der Waals surface area contributed by atoms with E-state index >= 15 is 0 Å². The summed E-state index contributed by atoms with van der Waals surface area (Å²) in [5, 5.41) is 5.99. The molecule has 1 aliphatic rings. The van der Waals surface area contributed by atoms with Gasteiger partial charge in [0.2, 0.25) is 0 Å². The van der Waals surface area contributed by atoms with Gasteiger partial charge in [-0.05, 0) is 51.1 Å². The van der Waals surface area contributed by atoms with Crippen LogP contribution in [-0.4, -0.2) is 32.1 Å². The number of amides is 1. The van der Waals surface area contributed by atoms with E-state index in [0.717, 1.165) is 24.9 Å². The maximum absolute atomic E-state index is 12.3. The minimum absolute atomic E-state index is 0.133. The fourth-order valence-corrected chi connectivity index (χ4v) is 3.26. The van der Waals surface area contributed by atoms with E-state index in [1.807, 2.05) is 13.1 Å². The van der Waals surface area contributed by atoms with Crippen LogP contribution in [0, 0.1) is 0 Å². The van der Waals surface area contributed by atoms with Gasteiger partial charge in [-0.2, -0.15) is 0 Å². The average molecular weight is 327 g/mol. The summed E-state index contributed by atoms with van der Waals surface area (Å²) in [5.41, 5.74) is 3.56. The lowest BCUT2D eigenvalue weighted by Gasteiger charge is -2.24. The summed E-state index contributed by atoms with van der Waals surface area (Å²) < 4.78 is 5.46. The predicted molar refractivity (Wildman–Crippen MR) is 95.4 cm³/mol. The standard InChI is InChI=1S/C19H25N3O2/c1-14-12-15-6-3-4-7-17(15)22(14)13-16-8-11-24-18(16)19(23)21-10-5-9-20-2/h3-4,6-8,11,14,20H,5,9-10,12-13H2,1-2H3,(H,21,23). The quantitative estimate of drug-likeness (QED) is 0.768. The van der Waals surface area contributed by atoms with Gasteiger partial charge < -0.3 is 20.0 Å². The summed E-state index contributed by atoms with van der Waals surface area (Å²) in [4.78, 5) is 14.7. The Morgan fingerprint density at radius 2 is 2.12 bits per heavy atom. The molecule has 0 saturated carbocycles. The number of nitrogens with zero attached hydrogens (tertiary/aromatic N) is 1. The molecule has 0 fully saturated rings. The summed E-state index contributed by atoms with van der Waals surface area (Å²) in [6, 6.07) is 10.8. The van der Waals surface area contributed by atoms with Crippen molar-refractivity contribution in [2.75, 3.05) is 25.0 Å². The fourth-order valence-electron chi connectivity index (χ4n) is 3.26. The zero-order chi connectivity index (χ0) is 16.9. The molecule has 128 valence electrons. The van der Waals surface area contributed by atoms with E-state index in [2.05, 4.69) is 46.7 Å². The highest BCUT2D eigenvalue weighted by molar-refractivity contribution is 5.93. The highest BCUT2D eigenvalue weighted by Crippen LogP contribution is 2.33. The average Bonchev–Trinajstić information content (AvgIpc) is 3.17. The molecule has 0 radical (unpaired) electrons. The molecular weight excluding hydrogens is 302 g/mol. The predicted octanol–water partition coefficient (Wildman–Crippen LogP) is 2.57. The van der Waals surface area contributed by atoms with Crippen LogP contribution in [0.5, 0.6) is 0 Å². The lowest BCUT2D eigenvalue weighted by Crippen LogP contribution is -2.31. The Morgan fingerprint density at radius 3 is 2.96 bits per heavy atom. The Labute approximate surface area is 143 Å². The maximum Gasteiger partial charge on any atom is 0.287 e. The number of para-hydroxylation sites is 1. The van der Waals surface area contributed by atoms with Gasteiger partial charge in [-0.1, -0.05) is 18.2 Å². The second-order valence-corrected chi connectivity index (χ2v) is 6.30. The molecule has 0 aliphatic carbocycles. The van der Waals surface area contributed by atoms with E-state index in [-0.39, 0.29) is 5.91 Å². The number of anilines is 1. The van der Waals surface area contributed by atoms with Crippen molar-refractivity contribution in [3.05, 3.63) is 53.5 Å². The normalized spacial score (nSPS) is 16.2. The Kier molecular flexibility index (Phi) is 5.20. The second-order valence-electron chi connectivity index (χ2n) is 6.30. The van der Waals surface area contributed by atoms with Crippen molar-refractivity contribution in [2.24, 2.45) is 0 Å². The molecule has 0 bridgehead atoms. The first-order valence-electron chi connectivity index (χ1n) is 8.54. The monoisotopic (exact) mass is 327 g/mol. The van der Waals surface area contributed by atoms with E-state index in [0.29, 0.717) is 24.9 Å². The van der Waals surface area contributed by atoms with E-state index < -0.39 is 0 Å². The third kappa shape index (κ3) is 3.46. The van der Waals surface area contributed by atoms with Crippen molar-refractivity contribution in [3.63, 3.8) is 0 Å². The SMILES string of the molecule is CNCCCNC(=O)c1occc1CN1c2ccccc2CC1C. The zero-order valence-corrected chi connectivity index (χ0v) is 14.3. The van der Waals surface area contributed by atoms with Crippen LogP contribution in [0.25, 0.3) is 0 Å². The molecule has 1 atom stereocenters. The lowest BCUT2D eigenvalue weighted by molar-refractivity contribution is 0.0924. The highest BCUT2D eigenvalue weighted by atomic mass is 16.3. The third-order valence-electron chi connectivity index (χ3n) is 4.53. The number of nitrogens with one attached hydrogen (secondary N) is 2. The van der Waals surface area contributed by atoms with Crippen molar-refractivity contribution in [2.45, 2.75) is 32.4 Å². The van der Waals surface area contributed by atoms with Gasteiger partial charge in [0.25, 0.3) is 5.91 Å². The van der Waals surface area contributed by atoms with Crippen LogP contribution in [0.1, 0.15) is 35.0 Å². The number of benzene rings is 1. The summed E-state index contributed by atoms with van der Waals surface area (Å²) >= 11 is 0.